The summed E-state index contributed by atoms with van der Waals surface area (Å²) in [7, 11) is 0. The molecule has 168 valence electrons. The summed E-state index contributed by atoms with van der Waals surface area (Å²) in [6.45, 7) is 0. The first kappa shape index (κ1) is 24.6. The zero-order valence-electron chi connectivity index (χ0n) is 15.4. The number of nitrogens with one attached hydrogen (secondary N) is 1. The van der Waals surface area contributed by atoms with Gasteiger partial charge in [-0.1, -0.05) is 0 Å². The van der Waals surface area contributed by atoms with Crippen LogP contribution >= 0.6 is 0 Å². The van der Waals surface area contributed by atoms with Crippen LogP contribution in [0.3, 0.4) is 0 Å². The fourth-order valence-electron chi connectivity index (χ4n) is 2.36. The molecule has 0 fully saturated rings. The van der Waals surface area contributed by atoms with E-state index in [0.29, 0.717) is 24.3 Å². The molecule has 0 spiro atoms. The number of hydrogen-bond acceptors (Lipinski definition) is 13. The Bertz CT molecular complexity index is 1030. The number of nitrogens with zero attached hydrogens (tertiary/aromatic N) is 6. The van der Waals surface area contributed by atoms with Crippen LogP contribution in [-0.4, -0.2) is 29.5 Å². The van der Waals surface area contributed by atoms with E-state index in [4.69, 9.17) is 0 Å². The predicted molar refractivity (Wildman–Crippen MR) is 102 cm³/mol. The molecule has 0 unspecified atom stereocenters. The van der Waals surface area contributed by atoms with Gasteiger partial charge in [0.25, 0.3) is 11.4 Å². The first-order chi connectivity index (χ1) is 14.3. The minimum atomic E-state index is -1.30. The highest BCUT2D eigenvalue weighted by Gasteiger charge is 2.36. The van der Waals surface area contributed by atoms with E-state index in [1.807, 2.05) is 5.32 Å². The van der Waals surface area contributed by atoms with Crippen molar-refractivity contribution < 1.29 is 29.5 Å². The lowest BCUT2D eigenvalue weighted by Crippen LogP contribution is -2.07. The molecular weight excluding hydrogens is 448 g/mol. The molecule has 0 saturated heterocycles. The fourth-order valence-corrected chi connectivity index (χ4v) is 2.36. The van der Waals surface area contributed by atoms with Crippen molar-refractivity contribution in [1.82, 2.24) is 6.15 Å². The van der Waals surface area contributed by atoms with E-state index in [2.05, 4.69) is 0 Å². The molecule has 32 heavy (non-hydrogen) atoms. The van der Waals surface area contributed by atoms with Crippen LogP contribution in [0, 0.1) is 60.7 Å². The summed E-state index contributed by atoms with van der Waals surface area (Å²) in [6, 6.07) is 1.16. The maximum Gasteiger partial charge on any atom is 0.306 e. The monoisotopic (exact) mass is 457 g/mol. The maximum atomic E-state index is 11.3. The third kappa shape index (κ3) is 4.60. The van der Waals surface area contributed by atoms with Gasteiger partial charge in [0, 0.05) is 0 Å². The Kier molecular flexibility index (Phi) is 6.89. The molecule has 0 heterocycles. The Balaban J connectivity index is 0.00000512. The molecule has 0 aliphatic heterocycles. The maximum absolute atomic E-state index is 11.3. The molecule has 0 bridgehead atoms. The van der Waals surface area contributed by atoms with Crippen molar-refractivity contribution in [3.63, 3.8) is 0 Å². The molecule has 5 N–H and O–H groups in total. The standard InChI is InChI=1S/C12H5N7O12.H3N/c20-14(21)5-1-7(16(24)25)11(8(2-5)17(26)27)13-12-9(18(28)29)3-6(15(22)23)4-10(12)19(30)31;/h1-4,13H;1H3/p+1. The van der Waals surface area contributed by atoms with E-state index in [1.165, 1.54) is 0 Å². The third-order valence-corrected chi connectivity index (χ3v) is 3.62. The molecule has 2 rings (SSSR count). The van der Waals surface area contributed by atoms with Gasteiger partial charge in [-0.25, -0.2) is 0 Å². The van der Waals surface area contributed by atoms with Crippen LogP contribution in [0.4, 0.5) is 45.5 Å². The topological polar surface area (TPSA) is 307 Å². The summed E-state index contributed by atoms with van der Waals surface area (Å²) < 4.78 is 0. The molecule has 0 aliphatic rings. The average molecular weight is 457 g/mol. The number of rotatable bonds is 8. The van der Waals surface area contributed by atoms with E-state index in [-0.39, 0.29) is 6.15 Å². The second kappa shape index (κ2) is 8.95. The Morgan fingerprint density at radius 1 is 0.469 bits per heavy atom. The lowest BCUT2D eigenvalue weighted by molar-refractivity contribution is -0.402. The van der Waals surface area contributed by atoms with Crippen molar-refractivity contribution in [3.05, 3.63) is 85.0 Å². The molecule has 0 amide bonds. The van der Waals surface area contributed by atoms with Crippen LogP contribution < -0.4 is 11.5 Å². The van der Waals surface area contributed by atoms with Gasteiger partial charge in [-0.15, -0.1) is 0 Å². The highest BCUT2D eigenvalue weighted by atomic mass is 16.6. The van der Waals surface area contributed by atoms with E-state index >= 15 is 0 Å². The van der Waals surface area contributed by atoms with Crippen molar-refractivity contribution in [2.75, 3.05) is 5.32 Å². The smallest absolute Gasteiger partial charge is 0.306 e. The van der Waals surface area contributed by atoms with E-state index in [1.54, 1.807) is 0 Å². The van der Waals surface area contributed by atoms with Gasteiger partial charge in [-0.3, -0.25) is 60.7 Å². The highest BCUT2D eigenvalue weighted by molar-refractivity contribution is 5.88. The Morgan fingerprint density at radius 3 is 0.844 bits per heavy atom. The largest absolute Gasteiger partial charge is 0.369 e. The van der Waals surface area contributed by atoms with Crippen molar-refractivity contribution >= 4 is 45.5 Å². The lowest BCUT2D eigenvalue weighted by atomic mass is 10.1. The summed E-state index contributed by atoms with van der Waals surface area (Å²) in [5.41, 5.74) is -9.66. The summed E-state index contributed by atoms with van der Waals surface area (Å²) >= 11 is 0. The number of benzene rings is 2. The van der Waals surface area contributed by atoms with Crippen LogP contribution in [0.25, 0.3) is 0 Å². The minimum Gasteiger partial charge on any atom is -0.369 e. The first-order valence-corrected chi connectivity index (χ1v) is 7.34. The Hall–Kier alpha value is -5.40. The van der Waals surface area contributed by atoms with Gasteiger partial charge in [0.2, 0.25) is 0 Å². The predicted octanol–water partition coefficient (Wildman–Crippen LogP) is 3.26. The molecule has 2 aromatic carbocycles. The van der Waals surface area contributed by atoms with Crippen LogP contribution in [0.15, 0.2) is 24.3 Å². The zero-order valence-corrected chi connectivity index (χ0v) is 15.4. The Morgan fingerprint density at radius 2 is 0.688 bits per heavy atom. The molecule has 0 radical (unpaired) electrons. The van der Waals surface area contributed by atoms with Crippen LogP contribution in [0.5, 0.6) is 0 Å². The van der Waals surface area contributed by atoms with Crippen molar-refractivity contribution in [2.45, 2.75) is 0 Å². The highest BCUT2D eigenvalue weighted by Crippen LogP contribution is 2.45. The van der Waals surface area contributed by atoms with Gasteiger partial charge in [-0.05, 0) is 0 Å². The van der Waals surface area contributed by atoms with Gasteiger partial charge in [-0.2, -0.15) is 0 Å². The fraction of sp³-hybridized carbons (Fsp3) is 0. The van der Waals surface area contributed by atoms with Crippen molar-refractivity contribution in [1.29, 1.82) is 0 Å². The number of hydrogen-bond donors (Lipinski definition) is 2. The average Bonchev–Trinajstić information content (AvgIpc) is 2.66. The van der Waals surface area contributed by atoms with E-state index in [9.17, 15) is 60.7 Å². The summed E-state index contributed by atoms with van der Waals surface area (Å²) in [5, 5.41) is 68.9. The van der Waals surface area contributed by atoms with Gasteiger partial charge < -0.3 is 11.5 Å². The quantitative estimate of drug-likeness (QED) is 0.425. The normalized spacial score (nSPS) is 9.88. The van der Waals surface area contributed by atoms with Gasteiger partial charge in [0.1, 0.15) is 0 Å². The molecule has 0 aromatic heterocycles. The first-order valence-electron chi connectivity index (χ1n) is 7.34. The SMILES string of the molecule is O=[N+]([O-])c1cc([N+](=O)[O-])c(Nc2c([N+](=O)[O-])cc([N+](=O)[O-])cc2[N+](=O)[O-])c([N+](=O)[O-])c1.[NH4+]. The zero-order chi connectivity index (χ0) is 23.6. The summed E-state index contributed by atoms with van der Waals surface area (Å²) in [6.07, 6.45) is 0. The number of nitro benzene ring substituents is 6. The molecule has 0 atom stereocenters. The molecule has 0 aliphatic carbocycles. The van der Waals surface area contributed by atoms with E-state index in [0.717, 1.165) is 0 Å². The van der Waals surface area contributed by atoms with Crippen molar-refractivity contribution in [2.24, 2.45) is 0 Å². The van der Waals surface area contributed by atoms with Crippen molar-refractivity contribution in [3.8, 4) is 0 Å². The number of anilines is 2. The second-order valence-electron chi connectivity index (χ2n) is 5.39. The second-order valence-corrected chi connectivity index (χ2v) is 5.39. The van der Waals surface area contributed by atoms with Crippen LogP contribution in [-0.2, 0) is 0 Å². The van der Waals surface area contributed by atoms with Gasteiger partial charge in [0.05, 0.1) is 53.8 Å². The third-order valence-electron chi connectivity index (χ3n) is 3.62. The number of non-ortho nitro benzene ring substituents is 2. The molecule has 2 aromatic rings. The summed E-state index contributed by atoms with van der Waals surface area (Å²) in [5.74, 6) is 0. The van der Waals surface area contributed by atoms with E-state index < -0.39 is 75.0 Å². The van der Waals surface area contributed by atoms with Gasteiger partial charge >= 0.3 is 22.7 Å². The van der Waals surface area contributed by atoms with Gasteiger partial charge in [0.15, 0.2) is 11.4 Å². The number of nitro groups is 6. The molecular formula is C12H9N8O12+. The van der Waals surface area contributed by atoms with Crippen LogP contribution in [0.2, 0.25) is 0 Å². The number of quaternary nitrogens is 1. The Labute approximate surface area is 172 Å². The minimum absolute atomic E-state index is 0. The summed E-state index contributed by atoms with van der Waals surface area (Å²) in [4.78, 5) is 59.5. The lowest BCUT2D eigenvalue weighted by Gasteiger charge is -2.09. The van der Waals surface area contributed by atoms with Crippen LogP contribution in [0.1, 0.15) is 0 Å². The molecule has 20 nitrogen and oxygen atoms in total. The molecule has 20 heteroatoms. The molecule has 0 saturated carbocycles.